The van der Waals surface area contributed by atoms with Crippen LogP contribution in [0.3, 0.4) is 0 Å². The summed E-state index contributed by atoms with van der Waals surface area (Å²) < 4.78 is 11.7. The molecule has 4 rings (SSSR count). The van der Waals surface area contributed by atoms with Gasteiger partial charge in [-0.15, -0.1) is 0 Å². The molecule has 2 heterocycles. The summed E-state index contributed by atoms with van der Waals surface area (Å²) in [5.41, 5.74) is -0.326. The van der Waals surface area contributed by atoms with Crippen LogP contribution >= 0.6 is 0 Å². The Morgan fingerprint density at radius 1 is 1.16 bits per heavy atom. The van der Waals surface area contributed by atoms with Gasteiger partial charge in [0.2, 0.25) is 0 Å². The van der Waals surface area contributed by atoms with E-state index in [1.807, 2.05) is 24.3 Å². The molecular weight excluding hydrogens is 392 g/mol. The van der Waals surface area contributed by atoms with Crippen LogP contribution in [-0.2, 0) is 21.6 Å². The molecule has 1 aromatic heterocycles. The van der Waals surface area contributed by atoms with E-state index in [9.17, 15) is 9.90 Å². The molecule has 1 aliphatic heterocycles. The normalized spacial score (nSPS) is 26.8. The summed E-state index contributed by atoms with van der Waals surface area (Å²) in [6.07, 6.45) is 8.75. The molecule has 2 aromatic rings. The second-order valence-corrected chi connectivity index (χ2v) is 9.60. The standard InChI is InChI=1S/C25H34N2O4/c1-27(17-14-22-15-18-30-26-22)16-8-13-23(19-27)31-24(28)25(29,20-9-4-2-5-10-20)21-11-6-3-7-12-21/h2,4-5,9-10,15,18,21,23H,3,6-8,11-14,16-17,19H2,1H3/t23?,25?,27-/m1/s1. The van der Waals surface area contributed by atoms with Gasteiger partial charge in [0.25, 0.3) is 0 Å². The summed E-state index contributed by atoms with van der Waals surface area (Å²) in [5.74, 6) is -0.784. The number of hydrogen-bond donors (Lipinski definition) is 0. The van der Waals surface area contributed by atoms with Crippen LogP contribution in [0, 0.1) is 5.92 Å². The maximum Gasteiger partial charge on any atom is 0.300 e. The number of esters is 1. The van der Waals surface area contributed by atoms with Crippen LogP contribution in [-0.4, -0.2) is 48.4 Å². The van der Waals surface area contributed by atoms with Crippen molar-refractivity contribution in [2.24, 2.45) is 5.92 Å². The van der Waals surface area contributed by atoms with Crippen LogP contribution in [0.2, 0.25) is 0 Å². The van der Waals surface area contributed by atoms with Crippen LogP contribution in [0.15, 0.2) is 47.2 Å². The highest BCUT2D eigenvalue weighted by molar-refractivity contribution is 5.81. The minimum absolute atomic E-state index is 0.201. The first-order valence-corrected chi connectivity index (χ1v) is 11.7. The molecule has 2 fully saturated rings. The summed E-state index contributed by atoms with van der Waals surface area (Å²) >= 11 is 0. The predicted molar refractivity (Wildman–Crippen MR) is 115 cm³/mol. The van der Waals surface area contributed by atoms with E-state index in [1.165, 1.54) is 0 Å². The number of aromatic nitrogens is 1. The van der Waals surface area contributed by atoms with Gasteiger partial charge in [0.05, 0.1) is 25.8 Å². The van der Waals surface area contributed by atoms with Crippen molar-refractivity contribution in [3.05, 3.63) is 53.9 Å². The number of hydrogen-bond acceptors (Lipinski definition) is 5. The number of quaternary nitrogens is 1. The van der Waals surface area contributed by atoms with Crippen LogP contribution in [0.25, 0.3) is 0 Å². The zero-order valence-electron chi connectivity index (χ0n) is 18.5. The predicted octanol–water partition coefficient (Wildman–Crippen LogP) is 3.21. The summed E-state index contributed by atoms with van der Waals surface area (Å²) in [4.78, 5) is 13.4. The SMILES string of the molecule is C[N@+]1(CCc2ccon2)CCCC(OC(=O)C([O-])(c2ccccc2)C2CCCCC2)C1. The maximum atomic E-state index is 14.2. The molecule has 0 bridgehead atoms. The van der Waals surface area contributed by atoms with E-state index >= 15 is 0 Å². The number of likely N-dealkylation sites (tertiary alicyclic amines) is 1. The number of nitrogens with zero attached hydrogens (tertiary/aromatic N) is 2. The molecule has 1 saturated heterocycles. The van der Waals surface area contributed by atoms with Crippen molar-refractivity contribution >= 4 is 5.97 Å². The van der Waals surface area contributed by atoms with E-state index < -0.39 is 11.6 Å². The minimum atomic E-state index is -1.82. The zero-order chi connectivity index (χ0) is 21.7. The van der Waals surface area contributed by atoms with Gasteiger partial charge in [-0.3, -0.25) is 4.79 Å². The third kappa shape index (κ3) is 5.01. The fraction of sp³-hybridized carbons (Fsp3) is 0.600. The van der Waals surface area contributed by atoms with Crippen LogP contribution in [0.4, 0.5) is 0 Å². The van der Waals surface area contributed by atoms with Crippen molar-refractivity contribution in [1.82, 2.24) is 5.16 Å². The Bertz CT molecular complexity index is 834. The van der Waals surface area contributed by atoms with Crippen LogP contribution in [0.5, 0.6) is 0 Å². The van der Waals surface area contributed by atoms with E-state index in [0.717, 1.165) is 81.2 Å². The van der Waals surface area contributed by atoms with Gasteiger partial charge in [0.1, 0.15) is 12.8 Å². The zero-order valence-corrected chi connectivity index (χ0v) is 18.5. The lowest BCUT2D eigenvalue weighted by Gasteiger charge is -2.48. The van der Waals surface area contributed by atoms with Gasteiger partial charge in [0.15, 0.2) is 6.10 Å². The Kier molecular flexibility index (Phi) is 6.77. The van der Waals surface area contributed by atoms with Gasteiger partial charge >= 0.3 is 5.97 Å². The summed E-state index contributed by atoms with van der Waals surface area (Å²) in [7, 11) is 2.20. The monoisotopic (exact) mass is 426 g/mol. The Morgan fingerprint density at radius 3 is 2.65 bits per heavy atom. The molecule has 31 heavy (non-hydrogen) atoms. The highest BCUT2D eigenvalue weighted by Crippen LogP contribution is 2.39. The van der Waals surface area contributed by atoms with Crippen molar-refractivity contribution in [3.8, 4) is 0 Å². The third-order valence-corrected chi connectivity index (χ3v) is 7.23. The molecule has 6 nitrogen and oxygen atoms in total. The molecule has 0 N–H and O–H groups in total. The first-order valence-electron chi connectivity index (χ1n) is 11.7. The summed E-state index contributed by atoms with van der Waals surface area (Å²) in [6.45, 7) is 2.68. The Labute approximate surface area is 184 Å². The molecule has 3 atom stereocenters. The van der Waals surface area contributed by atoms with E-state index in [0.29, 0.717) is 5.56 Å². The van der Waals surface area contributed by atoms with Gasteiger partial charge in [-0.1, -0.05) is 67.6 Å². The van der Waals surface area contributed by atoms with Crippen molar-refractivity contribution in [3.63, 3.8) is 0 Å². The second kappa shape index (κ2) is 9.53. The fourth-order valence-electron chi connectivity index (χ4n) is 5.38. The number of carbonyl (C=O) groups is 1. The van der Waals surface area contributed by atoms with E-state index in [4.69, 9.17) is 9.26 Å². The number of rotatable bonds is 7. The topological polar surface area (TPSA) is 75.4 Å². The van der Waals surface area contributed by atoms with Gasteiger partial charge in [0, 0.05) is 24.5 Å². The molecular formula is C25H34N2O4. The van der Waals surface area contributed by atoms with Crippen LogP contribution < -0.4 is 5.11 Å². The van der Waals surface area contributed by atoms with Crippen molar-refractivity contribution in [1.29, 1.82) is 0 Å². The molecule has 0 amide bonds. The van der Waals surface area contributed by atoms with Gasteiger partial charge < -0.3 is 18.8 Å². The smallest absolute Gasteiger partial charge is 0.300 e. The molecule has 6 heteroatoms. The van der Waals surface area contributed by atoms with E-state index in [-0.39, 0.29) is 12.0 Å². The average molecular weight is 427 g/mol. The maximum absolute atomic E-state index is 14.2. The number of ether oxygens (including phenoxy) is 1. The highest BCUT2D eigenvalue weighted by Gasteiger charge is 2.41. The highest BCUT2D eigenvalue weighted by atomic mass is 16.6. The fourth-order valence-corrected chi connectivity index (χ4v) is 5.38. The lowest BCUT2D eigenvalue weighted by molar-refractivity contribution is -0.916. The second-order valence-electron chi connectivity index (χ2n) is 9.60. The molecule has 168 valence electrons. The minimum Gasteiger partial charge on any atom is -0.837 e. The number of carbonyl (C=O) groups excluding carboxylic acids is 1. The van der Waals surface area contributed by atoms with E-state index in [1.54, 1.807) is 18.4 Å². The molecule has 0 spiro atoms. The van der Waals surface area contributed by atoms with Crippen LogP contribution in [0.1, 0.15) is 56.2 Å². The first-order chi connectivity index (χ1) is 15.0. The van der Waals surface area contributed by atoms with Gasteiger partial charge in [-0.2, -0.15) is 0 Å². The Morgan fingerprint density at radius 2 is 1.94 bits per heavy atom. The number of likely N-dealkylation sites (N-methyl/N-ethyl adjacent to an activating group) is 1. The Balaban J connectivity index is 1.46. The summed E-state index contributed by atoms with van der Waals surface area (Å²) in [6, 6.07) is 11.1. The molecule has 0 radical (unpaired) electrons. The van der Waals surface area contributed by atoms with Crippen molar-refractivity contribution < 1.29 is 23.6 Å². The van der Waals surface area contributed by atoms with Gasteiger partial charge in [-0.05, 0) is 17.9 Å². The number of piperidine rings is 1. The molecule has 1 aliphatic carbocycles. The quantitative estimate of drug-likeness (QED) is 0.502. The third-order valence-electron chi connectivity index (χ3n) is 7.23. The van der Waals surface area contributed by atoms with Crippen molar-refractivity contribution in [2.45, 2.75) is 63.1 Å². The van der Waals surface area contributed by atoms with E-state index in [2.05, 4.69) is 12.2 Å². The molecule has 1 aromatic carbocycles. The van der Waals surface area contributed by atoms with Gasteiger partial charge in [-0.25, -0.2) is 0 Å². The largest absolute Gasteiger partial charge is 0.837 e. The lowest BCUT2D eigenvalue weighted by atomic mass is 9.73. The Hall–Kier alpha value is -2.18. The molecule has 2 unspecified atom stereocenters. The summed E-state index contributed by atoms with van der Waals surface area (Å²) in [5, 5.41) is 18.2. The van der Waals surface area contributed by atoms with Crippen molar-refractivity contribution in [2.75, 3.05) is 26.7 Å². The molecule has 2 aliphatic rings. The first kappa shape index (κ1) is 22.0. The average Bonchev–Trinajstić information content (AvgIpc) is 3.32. The lowest BCUT2D eigenvalue weighted by Crippen LogP contribution is -2.59. The number of benzene rings is 1. The molecule has 1 saturated carbocycles.